The molecule has 0 aliphatic carbocycles. The van der Waals surface area contributed by atoms with E-state index < -0.39 is 0 Å². The molecular formula is C9H16N4O2. The fourth-order valence-corrected chi connectivity index (χ4v) is 1.07. The molecule has 0 unspecified atom stereocenters. The molecule has 1 aromatic rings. The van der Waals surface area contributed by atoms with Crippen molar-refractivity contribution in [3.05, 3.63) is 11.7 Å². The third-order valence-corrected chi connectivity index (χ3v) is 2.41. The van der Waals surface area contributed by atoms with Crippen LogP contribution in [0.4, 0.5) is 0 Å². The third kappa shape index (κ3) is 2.53. The highest BCUT2D eigenvalue weighted by atomic mass is 16.5. The number of hydrogen-bond acceptors (Lipinski definition) is 5. The van der Waals surface area contributed by atoms with Crippen LogP contribution >= 0.6 is 0 Å². The molecule has 1 amide bonds. The van der Waals surface area contributed by atoms with E-state index in [1.54, 1.807) is 0 Å². The molecule has 0 saturated heterocycles. The van der Waals surface area contributed by atoms with E-state index in [0.717, 1.165) is 6.42 Å². The minimum Gasteiger partial charge on any atom is -0.352 e. The van der Waals surface area contributed by atoms with Crippen LogP contribution in [-0.2, 0) is 0 Å². The lowest BCUT2D eigenvalue weighted by molar-refractivity contribution is 0.0950. The topological polar surface area (TPSA) is 94.0 Å². The van der Waals surface area contributed by atoms with Crippen LogP contribution in [0.2, 0.25) is 0 Å². The number of nitrogens with one attached hydrogen (secondary N) is 1. The monoisotopic (exact) mass is 212 g/mol. The summed E-state index contributed by atoms with van der Waals surface area (Å²) in [6.07, 6.45) is 0.916. The van der Waals surface area contributed by atoms with Gasteiger partial charge in [0.05, 0.1) is 6.04 Å². The third-order valence-electron chi connectivity index (χ3n) is 2.41. The van der Waals surface area contributed by atoms with Gasteiger partial charge in [0.1, 0.15) is 0 Å². The zero-order valence-corrected chi connectivity index (χ0v) is 9.15. The molecule has 15 heavy (non-hydrogen) atoms. The summed E-state index contributed by atoms with van der Waals surface area (Å²) in [5.74, 6) is 0.193. The molecular weight excluding hydrogens is 196 g/mol. The highest BCUT2D eigenvalue weighted by Gasteiger charge is 2.21. The molecule has 2 atom stereocenters. The second kappa shape index (κ2) is 4.88. The van der Waals surface area contributed by atoms with Crippen molar-refractivity contribution < 1.29 is 9.32 Å². The Morgan fingerprint density at radius 1 is 1.67 bits per heavy atom. The van der Waals surface area contributed by atoms with Crippen molar-refractivity contribution in [1.29, 1.82) is 0 Å². The maximum absolute atomic E-state index is 11.2. The van der Waals surface area contributed by atoms with E-state index in [0.29, 0.717) is 5.89 Å². The van der Waals surface area contributed by atoms with Gasteiger partial charge in [0, 0.05) is 7.05 Å². The first-order valence-electron chi connectivity index (χ1n) is 4.91. The summed E-state index contributed by atoms with van der Waals surface area (Å²) in [7, 11) is 1.51. The number of carbonyl (C=O) groups is 1. The second-order valence-electron chi connectivity index (χ2n) is 3.45. The summed E-state index contributed by atoms with van der Waals surface area (Å²) < 4.78 is 4.93. The van der Waals surface area contributed by atoms with E-state index in [4.69, 9.17) is 10.3 Å². The van der Waals surface area contributed by atoms with Crippen LogP contribution in [0, 0.1) is 5.92 Å². The lowest BCUT2D eigenvalue weighted by Gasteiger charge is -2.12. The molecule has 0 bridgehead atoms. The number of amides is 1. The summed E-state index contributed by atoms with van der Waals surface area (Å²) in [4.78, 5) is 15.1. The molecule has 1 rings (SSSR count). The van der Waals surface area contributed by atoms with E-state index in [1.807, 2.05) is 13.8 Å². The van der Waals surface area contributed by atoms with Crippen LogP contribution < -0.4 is 11.1 Å². The molecule has 0 aliphatic rings. The normalized spacial score (nSPS) is 14.7. The van der Waals surface area contributed by atoms with E-state index in [2.05, 4.69) is 15.5 Å². The Labute approximate surface area is 88.2 Å². The van der Waals surface area contributed by atoms with Crippen molar-refractivity contribution in [1.82, 2.24) is 15.5 Å². The van der Waals surface area contributed by atoms with Crippen LogP contribution in [0.15, 0.2) is 4.52 Å². The molecule has 0 saturated carbocycles. The molecule has 6 heteroatoms. The van der Waals surface area contributed by atoms with Gasteiger partial charge in [-0.1, -0.05) is 25.4 Å². The minimum atomic E-state index is -0.374. The highest BCUT2D eigenvalue weighted by molar-refractivity contribution is 5.89. The van der Waals surface area contributed by atoms with Crippen LogP contribution in [0.5, 0.6) is 0 Å². The van der Waals surface area contributed by atoms with Gasteiger partial charge in [-0.2, -0.15) is 4.98 Å². The zero-order valence-electron chi connectivity index (χ0n) is 9.15. The average Bonchev–Trinajstić information content (AvgIpc) is 2.75. The Balaban J connectivity index is 2.79. The molecule has 84 valence electrons. The summed E-state index contributed by atoms with van der Waals surface area (Å²) in [6.45, 7) is 4.02. The van der Waals surface area contributed by atoms with Crippen molar-refractivity contribution >= 4 is 5.91 Å². The number of nitrogens with two attached hydrogens (primary N) is 1. The SMILES string of the molecule is CC[C@H](C)[C@H](N)c1nc(C(=O)NC)no1. The number of hydrogen-bond donors (Lipinski definition) is 2. The summed E-state index contributed by atoms with van der Waals surface area (Å²) in [5.41, 5.74) is 5.88. The Morgan fingerprint density at radius 3 is 2.87 bits per heavy atom. The van der Waals surface area contributed by atoms with E-state index in [1.165, 1.54) is 7.05 Å². The summed E-state index contributed by atoms with van der Waals surface area (Å²) in [5, 5.41) is 5.96. The Bertz CT molecular complexity index is 337. The Hall–Kier alpha value is -1.43. The molecule has 0 fully saturated rings. The number of nitrogens with zero attached hydrogens (tertiary/aromatic N) is 2. The first-order valence-corrected chi connectivity index (χ1v) is 4.91. The molecule has 1 aromatic heterocycles. The standard InChI is InChI=1S/C9H16N4O2/c1-4-5(2)6(10)9-12-7(13-15-9)8(14)11-3/h5-6H,4,10H2,1-3H3,(H,11,14)/t5-,6-/m0/s1. The van der Waals surface area contributed by atoms with Crippen molar-refractivity contribution in [2.45, 2.75) is 26.3 Å². The first kappa shape index (κ1) is 11.6. The van der Waals surface area contributed by atoms with E-state index >= 15 is 0 Å². The number of aromatic nitrogens is 2. The predicted octanol–water partition coefficient (Wildman–Crippen LogP) is 0.475. The van der Waals surface area contributed by atoms with Crippen molar-refractivity contribution in [2.75, 3.05) is 7.05 Å². The lowest BCUT2D eigenvalue weighted by Crippen LogP contribution is -2.21. The number of carbonyl (C=O) groups excluding carboxylic acids is 1. The van der Waals surface area contributed by atoms with Crippen molar-refractivity contribution in [2.24, 2.45) is 11.7 Å². The van der Waals surface area contributed by atoms with Gasteiger partial charge in [-0.05, 0) is 5.92 Å². The van der Waals surface area contributed by atoms with Crippen LogP contribution in [0.25, 0.3) is 0 Å². The molecule has 3 N–H and O–H groups in total. The van der Waals surface area contributed by atoms with E-state index in [9.17, 15) is 4.79 Å². The zero-order chi connectivity index (χ0) is 11.4. The van der Waals surface area contributed by atoms with Crippen molar-refractivity contribution in [3.63, 3.8) is 0 Å². The molecule has 1 heterocycles. The summed E-state index contributed by atoms with van der Waals surface area (Å²) >= 11 is 0. The maximum Gasteiger partial charge on any atom is 0.292 e. The van der Waals surface area contributed by atoms with Gasteiger partial charge >= 0.3 is 0 Å². The van der Waals surface area contributed by atoms with Crippen LogP contribution in [0.3, 0.4) is 0 Å². The van der Waals surface area contributed by atoms with Crippen molar-refractivity contribution in [3.8, 4) is 0 Å². The highest BCUT2D eigenvalue weighted by Crippen LogP contribution is 2.19. The average molecular weight is 212 g/mol. The fourth-order valence-electron chi connectivity index (χ4n) is 1.07. The second-order valence-corrected chi connectivity index (χ2v) is 3.45. The first-order chi connectivity index (χ1) is 7.10. The van der Waals surface area contributed by atoms with Gasteiger partial charge < -0.3 is 15.6 Å². The lowest BCUT2D eigenvalue weighted by atomic mass is 10.0. The van der Waals surface area contributed by atoms with Crippen LogP contribution in [0.1, 0.15) is 42.8 Å². The van der Waals surface area contributed by atoms with Gasteiger partial charge in [-0.15, -0.1) is 0 Å². The quantitative estimate of drug-likeness (QED) is 0.756. The largest absolute Gasteiger partial charge is 0.352 e. The van der Waals surface area contributed by atoms with Gasteiger partial charge in [0.15, 0.2) is 0 Å². The fraction of sp³-hybridized carbons (Fsp3) is 0.667. The van der Waals surface area contributed by atoms with Crippen LogP contribution in [-0.4, -0.2) is 23.1 Å². The van der Waals surface area contributed by atoms with Gasteiger partial charge in [0.25, 0.3) is 11.7 Å². The van der Waals surface area contributed by atoms with E-state index in [-0.39, 0.29) is 23.7 Å². The minimum absolute atomic E-state index is 0.0197. The smallest absolute Gasteiger partial charge is 0.292 e. The van der Waals surface area contributed by atoms with Gasteiger partial charge in [0.2, 0.25) is 5.89 Å². The summed E-state index contributed by atoms with van der Waals surface area (Å²) in [6, 6.07) is -0.319. The molecule has 0 radical (unpaired) electrons. The molecule has 6 nitrogen and oxygen atoms in total. The van der Waals surface area contributed by atoms with Gasteiger partial charge in [-0.25, -0.2) is 0 Å². The Morgan fingerprint density at radius 2 is 2.33 bits per heavy atom. The Kier molecular flexibility index (Phi) is 3.79. The maximum atomic E-state index is 11.2. The molecule has 0 aliphatic heterocycles. The predicted molar refractivity (Wildman–Crippen MR) is 54.1 cm³/mol. The van der Waals surface area contributed by atoms with Gasteiger partial charge in [-0.3, -0.25) is 4.79 Å². The molecule has 0 aromatic carbocycles. The molecule has 0 spiro atoms. The number of rotatable bonds is 4.